The van der Waals surface area contributed by atoms with Crippen molar-refractivity contribution in [2.45, 2.75) is 13.1 Å². The fourth-order valence-corrected chi connectivity index (χ4v) is 0.921. The highest BCUT2D eigenvalue weighted by Gasteiger charge is 2.32. The summed E-state index contributed by atoms with van der Waals surface area (Å²) >= 11 is 5.33. The summed E-state index contributed by atoms with van der Waals surface area (Å²) in [6, 6.07) is 0. The molecule has 0 aromatic heterocycles. The van der Waals surface area contributed by atoms with Crippen molar-refractivity contribution < 1.29 is 18.0 Å². The van der Waals surface area contributed by atoms with Crippen LogP contribution in [0.25, 0.3) is 0 Å². The van der Waals surface area contributed by atoms with E-state index in [1.807, 2.05) is 0 Å². The molecule has 13 heavy (non-hydrogen) atoms. The minimum Gasteiger partial charge on any atom is -0.336 e. The zero-order valence-corrected chi connectivity index (χ0v) is 8.11. The largest absolute Gasteiger partial charge is 0.406 e. The molecule has 0 aliphatic rings. The van der Waals surface area contributed by atoms with E-state index in [-0.39, 0.29) is 5.88 Å². The van der Waals surface area contributed by atoms with Crippen molar-refractivity contribution in [3.8, 4) is 0 Å². The lowest BCUT2D eigenvalue weighted by Gasteiger charge is -2.21. The SMILES string of the molecule is CC(CCl)C(=O)N(C)CC(F)(F)F. The van der Waals surface area contributed by atoms with E-state index in [1.54, 1.807) is 0 Å². The summed E-state index contributed by atoms with van der Waals surface area (Å²) in [5, 5.41) is 0. The number of amides is 1. The monoisotopic (exact) mass is 217 g/mol. The fourth-order valence-electron chi connectivity index (χ4n) is 0.789. The third kappa shape index (κ3) is 4.98. The van der Waals surface area contributed by atoms with Gasteiger partial charge in [-0.15, -0.1) is 11.6 Å². The molecule has 78 valence electrons. The predicted molar refractivity (Wildman–Crippen MR) is 43.6 cm³/mol. The van der Waals surface area contributed by atoms with E-state index in [2.05, 4.69) is 0 Å². The van der Waals surface area contributed by atoms with E-state index < -0.39 is 24.5 Å². The van der Waals surface area contributed by atoms with Gasteiger partial charge in [-0.1, -0.05) is 6.92 Å². The van der Waals surface area contributed by atoms with E-state index in [0.29, 0.717) is 4.90 Å². The number of carbonyl (C=O) groups is 1. The summed E-state index contributed by atoms with van der Waals surface area (Å²) in [4.78, 5) is 11.7. The molecule has 0 aliphatic heterocycles. The molecule has 0 saturated carbocycles. The Kier molecular flexibility index (Phi) is 4.53. The Morgan fingerprint density at radius 1 is 1.54 bits per heavy atom. The van der Waals surface area contributed by atoms with Crippen LogP contribution in [0, 0.1) is 5.92 Å². The van der Waals surface area contributed by atoms with Gasteiger partial charge in [0.2, 0.25) is 5.91 Å². The summed E-state index contributed by atoms with van der Waals surface area (Å²) in [5.41, 5.74) is 0. The summed E-state index contributed by atoms with van der Waals surface area (Å²) in [5.74, 6) is -1.14. The van der Waals surface area contributed by atoms with Crippen molar-refractivity contribution in [2.75, 3.05) is 19.5 Å². The number of hydrogen-bond donors (Lipinski definition) is 0. The quantitative estimate of drug-likeness (QED) is 0.661. The molecular formula is C7H11ClF3NO. The molecule has 0 radical (unpaired) electrons. The number of alkyl halides is 4. The van der Waals surface area contributed by atoms with Gasteiger partial charge in [0, 0.05) is 18.8 Å². The molecule has 1 amide bonds. The fraction of sp³-hybridized carbons (Fsp3) is 0.857. The topological polar surface area (TPSA) is 20.3 Å². The third-order valence-corrected chi connectivity index (χ3v) is 1.91. The molecule has 0 rings (SSSR count). The van der Waals surface area contributed by atoms with Crippen LogP contribution in [0.1, 0.15) is 6.92 Å². The zero-order valence-electron chi connectivity index (χ0n) is 7.36. The molecule has 2 nitrogen and oxygen atoms in total. The van der Waals surface area contributed by atoms with Gasteiger partial charge >= 0.3 is 6.18 Å². The molecule has 0 fully saturated rings. The Bertz CT molecular complexity index is 183. The lowest BCUT2D eigenvalue weighted by Crippen LogP contribution is -2.39. The maximum atomic E-state index is 11.8. The molecule has 0 heterocycles. The first-order valence-electron chi connectivity index (χ1n) is 3.65. The van der Waals surface area contributed by atoms with Crippen molar-refractivity contribution in [1.29, 1.82) is 0 Å². The second-order valence-electron chi connectivity index (χ2n) is 2.86. The number of rotatable bonds is 3. The van der Waals surface area contributed by atoms with Crippen molar-refractivity contribution in [2.24, 2.45) is 5.92 Å². The maximum absolute atomic E-state index is 11.8. The standard InChI is InChI=1S/C7H11ClF3NO/c1-5(3-8)6(13)12(2)4-7(9,10)11/h5H,3-4H2,1-2H3. The molecule has 0 aromatic carbocycles. The van der Waals surface area contributed by atoms with Gasteiger partial charge in [-0.3, -0.25) is 4.79 Å². The normalized spacial score (nSPS) is 14.0. The number of halogens is 4. The van der Waals surface area contributed by atoms with Gasteiger partial charge in [0.25, 0.3) is 0 Å². The number of hydrogen-bond acceptors (Lipinski definition) is 1. The van der Waals surface area contributed by atoms with Crippen molar-refractivity contribution in [1.82, 2.24) is 4.90 Å². The van der Waals surface area contributed by atoms with Crippen LogP contribution in [0.2, 0.25) is 0 Å². The minimum atomic E-state index is -4.35. The van der Waals surface area contributed by atoms with Crippen LogP contribution in [0.3, 0.4) is 0 Å². The van der Waals surface area contributed by atoms with Gasteiger partial charge in [-0.05, 0) is 0 Å². The van der Waals surface area contributed by atoms with Crippen LogP contribution >= 0.6 is 11.6 Å². The van der Waals surface area contributed by atoms with E-state index in [0.717, 1.165) is 7.05 Å². The van der Waals surface area contributed by atoms with E-state index in [4.69, 9.17) is 11.6 Å². The van der Waals surface area contributed by atoms with Crippen LogP contribution in [0.15, 0.2) is 0 Å². The van der Waals surface area contributed by atoms with Crippen molar-refractivity contribution >= 4 is 17.5 Å². The molecule has 0 saturated heterocycles. The van der Waals surface area contributed by atoms with Gasteiger partial charge in [-0.2, -0.15) is 13.2 Å². The minimum absolute atomic E-state index is 0.0288. The molecule has 1 unspecified atom stereocenters. The molecule has 0 aromatic rings. The smallest absolute Gasteiger partial charge is 0.336 e. The van der Waals surface area contributed by atoms with Gasteiger partial charge in [0.1, 0.15) is 6.54 Å². The Balaban J connectivity index is 4.12. The summed E-state index contributed by atoms with van der Waals surface area (Å²) < 4.78 is 35.4. The second kappa shape index (κ2) is 4.69. The van der Waals surface area contributed by atoms with Crippen LogP contribution in [-0.4, -0.2) is 36.5 Å². The van der Waals surface area contributed by atoms with Crippen LogP contribution in [0.4, 0.5) is 13.2 Å². The van der Waals surface area contributed by atoms with Gasteiger partial charge in [0.15, 0.2) is 0 Å². The van der Waals surface area contributed by atoms with Crippen molar-refractivity contribution in [3.05, 3.63) is 0 Å². The zero-order chi connectivity index (χ0) is 10.6. The second-order valence-corrected chi connectivity index (χ2v) is 3.17. The van der Waals surface area contributed by atoms with Gasteiger partial charge in [-0.25, -0.2) is 0 Å². The summed E-state index contributed by atoms with van der Waals surface area (Å²) in [6.45, 7) is 0.259. The first-order chi connectivity index (χ1) is 5.78. The highest BCUT2D eigenvalue weighted by molar-refractivity contribution is 6.19. The number of nitrogens with zero attached hydrogens (tertiary/aromatic N) is 1. The lowest BCUT2D eigenvalue weighted by molar-refractivity contribution is -0.160. The van der Waals surface area contributed by atoms with Crippen LogP contribution < -0.4 is 0 Å². The Morgan fingerprint density at radius 3 is 2.31 bits per heavy atom. The Labute approximate surface area is 79.7 Å². The van der Waals surface area contributed by atoms with Crippen molar-refractivity contribution in [3.63, 3.8) is 0 Å². The summed E-state index contributed by atoms with van der Waals surface area (Å²) in [7, 11) is 1.11. The van der Waals surface area contributed by atoms with Gasteiger partial charge in [0.05, 0.1) is 0 Å². The van der Waals surface area contributed by atoms with E-state index >= 15 is 0 Å². The first kappa shape index (κ1) is 12.6. The molecular weight excluding hydrogens is 207 g/mol. The molecule has 0 bridgehead atoms. The molecule has 0 spiro atoms. The Hall–Kier alpha value is -0.450. The van der Waals surface area contributed by atoms with Crippen LogP contribution in [0.5, 0.6) is 0 Å². The highest BCUT2D eigenvalue weighted by Crippen LogP contribution is 2.16. The van der Waals surface area contributed by atoms with Crippen LogP contribution in [-0.2, 0) is 4.79 Å². The van der Waals surface area contributed by atoms with E-state index in [9.17, 15) is 18.0 Å². The third-order valence-electron chi connectivity index (χ3n) is 1.45. The number of carbonyl (C=O) groups excluding carboxylic acids is 1. The molecule has 0 aliphatic carbocycles. The highest BCUT2D eigenvalue weighted by atomic mass is 35.5. The molecule has 0 N–H and O–H groups in total. The lowest BCUT2D eigenvalue weighted by atomic mass is 10.2. The molecule has 1 atom stereocenters. The summed E-state index contributed by atoms with van der Waals surface area (Å²) in [6.07, 6.45) is -4.35. The maximum Gasteiger partial charge on any atom is 0.406 e. The first-order valence-corrected chi connectivity index (χ1v) is 4.19. The average Bonchev–Trinajstić information content (AvgIpc) is 1.98. The average molecular weight is 218 g/mol. The molecule has 6 heteroatoms. The predicted octanol–water partition coefficient (Wildman–Crippen LogP) is 1.88. The van der Waals surface area contributed by atoms with E-state index in [1.165, 1.54) is 6.92 Å². The Morgan fingerprint density at radius 2 is 2.00 bits per heavy atom. The van der Waals surface area contributed by atoms with Gasteiger partial charge < -0.3 is 4.90 Å².